The number of hydrogen-bond acceptors (Lipinski definition) is 3. The standard InChI is InChI=1S/C11H10BrN3/c1-8-7-9(12)3-4-10(8)15-11-13-5-2-6-14-11/h2-7H,1H3,(H,13,14,15). The van der Waals surface area contributed by atoms with E-state index in [2.05, 4.69) is 31.2 Å². The second-order valence-corrected chi connectivity index (χ2v) is 4.07. The number of aromatic nitrogens is 2. The molecule has 0 aliphatic heterocycles. The molecule has 0 fully saturated rings. The maximum atomic E-state index is 4.10. The lowest BCUT2D eigenvalue weighted by Gasteiger charge is -2.07. The van der Waals surface area contributed by atoms with Crippen molar-refractivity contribution in [3.8, 4) is 0 Å². The number of hydrogen-bond donors (Lipinski definition) is 1. The van der Waals surface area contributed by atoms with Crippen LogP contribution in [0.2, 0.25) is 0 Å². The lowest BCUT2D eigenvalue weighted by Crippen LogP contribution is -1.97. The van der Waals surface area contributed by atoms with Gasteiger partial charge in [0.2, 0.25) is 5.95 Å². The van der Waals surface area contributed by atoms with E-state index in [0.717, 1.165) is 15.7 Å². The van der Waals surface area contributed by atoms with Crippen LogP contribution in [-0.4, -0.2) is 9.97 Å². The number of nitrogens with zero attached hydrogens (tertiary/aromatic N) is 2. The lowest BCUT2D eigenvalue weighted by atomic mass is 10.2. The van der Waals surface area contributed by atoms with Crippen molar-refractivity contribution < 1.29 is 0 Å². The summed E-state index contributed by atoms with van der Waals surface area (Å²) in [7, 11) is 0. The third-order valence-corrected chi connectivity index (χ3v) is 2.49. The number of benzene rings is 1. The van der Waals surface area contributed by atoms with Gasteiger partial charge in [-0.05, 0) is 36.8 Å². The zero-order valence-electron chi connectivity index (χ0n) is 8.24. The zero-order chi connectivity index (χ0) is 10.7. The summed E-state index contributed by atoms with van der Waals surface area (Å²) in [6.07, 6.45) is 3.42. The van der Waals surface area contributed by atoms with Crippen LogP contribution in [0.5, 0.6) is 0 Å². The van der Waals surface area contributed by atoms with Gasteiger partial charge in [-0.1, -0.05) is 15.9 Å². The van der Waals surface area contributed by atoms with Crippen molar-refractivity contribution in [1.29, 1.82) is 0 Å². The second-order valence-electron chi connectivity index (χ2n) is 3.16. The van der Waals surface area contributed by atoms with Crippen LogP contribution in [0, 0.1) is 6.92 Å². The molecule has 76 valence electrons. The molecule has 1 aromatic heterocycles. The molecule has 1 N–H and O–H groups in total. The highest BCUT2D eigenvalue weighted by atomic mass is 79.9. The van der Waals surface area contributed by atoms with Crippen molar-refractivity contribution in [2.24, 2.45) is 0 Å². The Morgan fingerprint density at radius 1 is 1.20 bits per heavy atom. The van der Waals surface area contributed by atoms with E-state index in [-0.39, 0.29) is 0 Å². The summed E-state index contributed by atoms with van der Waals surface area (Å²) < 4.78 is 1.07. The van der Waals surface area contributed by atoms with E-state index in [1.807, 2.05) is 25.1 Å². The van der Waals surface area contributed by atoms with E-state index in [9.17, 15) is 0 Å². The molecule has 0 saturated heterocycles. The molecule has 0 aliphatic carbocycles. The third-order valence-electron chi connectivity index (χ3n) is 2.00. The molecule has 3 nitrogen and oxygen atoms in total. The van der Waals surface area contributed by atoms with Gasteiger partial charge in [0.05, 0.1) is 0 Å². The van der Waals surface area contributed by atoms with Crippen LogP contribution in [0.1, 0.15) is 5.56 Å². The van der Waals surface area contributed by atoms with Crippen LogP contribution in [0.4, 0.5) is 11.6 Å². The van der Waals surface area contributed by atoms with Crippen LogP contribution in [0.25, 0.3) is 0 Å². The summed E-state index contributed by atoms with van der Waals surface area (Å²) in [5, 5.41) is 3.16. The molecule has 0 amide bonds. The topological polar surface area (TPSA) is 37.8 Å². The Hall–Kier alpha value is -1.42. The Morgan fingerprint density at radius 2 is 1.93 bits per heavy atom. The number of aryl methyl sites for hydroxylation is 1. The minimum Gasteiger partial charge on any atom is -0.324 e. The van der Waals surface area contributed by atoms with Gasteiger partial charge in [-0.25, -0.2) is 9.97 Å². The first-order valence-electron chi connectivity index (χ1n) is 4.56. The third kappa shape index (κ3) is 2.53. The normalized spacial score (nSPS) is 10.0. The molecule has 0 atom stereocenters. The molecule has 0 unspecified atom stereocenters. The van der Waals surface area contributed by atoms with Crippen LogP contribution >= 0.6 is 15.9 Å². The number of rotatable bonds is 2. The molecule has 0 aliphatic rings. The maximum absolute atomic E-state index is 4.10. The highest BCUT2D eigenvalue weighted by molar-refractivity contribution is 9.10. The summed E-state index contributed by atoms with van der Waals surface area (Å²) in [6.45, 7) is 2.04. The monoisotopic (exact) mass is 263 g/mol. The van der Waals surface area contributed by atoms with Crippen molar-refractivity contribution in [3.63, 3.8) is 0 Å². The van der Waals surface area contributed by atoms with Crippen molar-refractivity contribution in [3.05, 3.63) is 46.7 Å². The molecule has 0 spiro atoms. The van der Waals surface area contributed by atoms with Crippen molar-refractivity contribution in [1.82, 2.24) is 9.97 Å². The fourth-order valence-corrected chi connectivity index (χ4v) is 1.73. The minimum absolute atomic E-state index is 0.614. The summed E-state index contributed by atoms with van der Waals surface area (Å²) in [5.41, 5.74) is 2.17. The Kier molecular flexibility index (Phi) is 2.97. The molecule has 2 aromatic rings. The SMILES string of the molecule is Cc1cc(Br)ccc1Nc1ncccn1. The quantitative estimate of drug-likeness (QED) is 0.904. The molecular formula is C11H10BrN3. The zero-order valence-corrected chi connectivity index (χ0v) is 9.82. The van der Waals surface area contributed by atoms with Gasteiger partial charge in [-0.3, -0.25) is 0 Å². The smallest absolute Gasteiger partial charge is 0.227 e. The van der Waals surface area contributed by atoms with Crippen LogP contribution in [0.15, 0.2) is 41.1 Å². The fraction of sp³-hybridized carbons (Fsp3) is 0.0909. The van der Waals surface area contributed by atoms with Gasteiger partial charge in [-0.15, -0.1) is 0 Å². The van der Waals surface area contributed by atoms with E-state index in [0.29, 0.717) is 5.95 Å². The average molecular weight is 264 g/mol. The van der Waals surface area contributed by atoms with Crippen LogP contribution < -0.4 is 5.32 Å². The summed E-state index contributed by atoms with van der Waals surface area (Å²) in [4.78, 5) is 8.21. The fourth-order valence-electron chi connectivity index (χ4n) is 1.25. The van der Waals surface area contributed by atoms with Gasteiger partial charge in [0, 0.05) is 22.6 Å². The number of halogens is 1. The van der Waals surface area contributed by atoms with Gasteiger partial charge >= 0.3 is 0 Å². The first kappa shape index (κ1) is 10.1. The van der Waals surface area contributed by atoms with Gasteiger partial charge in [0.1, 0.15) is 0 Å². The Bertz CT molecular complexity index is 457. The van der Waals surface area contributed by atoms with Gasteiger partial charge in [-0.2, -0.15) is 0 Å². The summed E-state index contributed by atoms with van der Waals surface area (Å²) in [5.74, 6) is 0.614. The maximum Gasteiger partial charge on any atom is 0.227 e. The molecule has 15 heavy (non-hydrogen) atoms. The van der Waals surface area contributed by atoms with Gasteiger partial charge < -0.3 is 5.32 Å². The molecule has 0 radical (unpaired) electrons. The van der Waals surface area contributed by atoms with Crippen LogP contribution in [-0.2, 0) is 0 Å². The highest BCUT2D eigenvalue weighted by Gasteiger charge is 2.00. The van der Waals surface area contributed by atoms with E-state index < -0.39 is 0 Å². The second kappa shape index (κ2) is 4.40. The summed E-state index contributed by atoms with van der Waals surface area (Å²) in [6, 6.07) is 7.82. The molecule has 1 aromatic carbocycles. The largest absolute Gasteiger partial charge is 0.324 e. The molecule has 0 bridgehead atoms. The lowest BCUT2D eigenvalue weighted by molar-refractivity contribution is 1.16. The molecular weight excluding hydrogens is 254 g/mol. The number of nitrogens with one attached hydrogen (secondary N) is 1. The van der Waals surface area contributed by atoms with E-state index in [1.165, 1.54) is 0 Å². The van der Waals surface area contributed by atoms with Gasteiger partial charge in [0.25, 0.3) is 0 Å². The molecule has 1 heterocycles. The van der Waals surface area contributed by atoms with Crippen molar-refractivity contribution >= 4 is 27.6 Å². The predicted octanol–water partition coefficient (Wildman–Crippen LogP) is 3.29. The van der Waals surface area contributed by atoms with Gasteiger partial charge in [0.15, 0.2) is 0 Å². The summed E-state index contributed by atoms with van der Waals surface area (Å²) >= 11 is 3.42. The molecule has 0 saturated carbocycles. The van der Waals surface area contributed by atoms with Crippen LogP contribution in [0.3, 0.4) is 0 Å². The minimum atomic E-state index is 0.614. The van der Waals surface area contributed by atoms with E-state index in [4.69, 9.17) is 0 Å². The number of anilines is 2. The van der Waals surface area contributed by atoms with Crippen molar-refractivity contribution in [2.75, 3.05) is 5.32 Å². The molecule has 2 rings (SSSR count). The predicted molar refractivity (Wildman–Crippen MR) is 64.2 cm³/mol. The van der Waals surface area contributed by atoms with Crippen molar-refractivity contribution in [2.45, 2.75) is 6.92 Å². The highest BCUT2D eigenvalue weighted by Crippen LogP contribution is 2.21. The first-order chi connectivity index (χ1) is 7.25. The molecule has 4 heteroatoms. The first-order valence-corrected chi connectivity index (χ1v) is 5.35. The van der Waals surface area contributed by atoms with E-state index >= 15 is 0 Å². The Balaban J connectivity index is 2.25. The Morgan fingerprint density at radius 3 is 2.60 bits per heavy atom. The Labute approximate surface area is 96.7 Å². The average Bonchev–Trinajstić information content (AvgIpc) is 2.24. The van der Waals surface area contributed by atoms with E-state index in [1.54, 1.807) is 18.5 Å².